The second-order valence-electron chi connectivity index (χ2n) is 6.08. The first kappa shape index (κ1) is 18.0. The van der Waals surface area contributed by atoms with Crippen molar-refractivity contribution in [2.24, 2.45) is 0 Å². The SMILES string of the molecule is CSc1cccc(C(=O)N2CC[C@@H](c3ccccc3)S(=O)(=O)CC2)c1. The van der Waals surface area contributed by atoms with Gasteiger partial charge < -0.3 is 4.90 Å². The zero-order valence-corrected chi connectivity index (χ0v) is 15.7. The van der Waals surface area contributed by atoms with Crippen LogP contribution in [-0.4, -0.2) is 44.3 Å². The fourth-order valence-corrected chi connectivity index (χ4v) is 5.38. The molecule has 0 bridgehead atoms. The van der Waals surface area contributed by atoms with Crippen molar-refractivity contribution in [1.29, 1.82) is 0 Å². The fraction of sp³-hybridized carbons (Fsp3) is 0.316. The van der Waals surface area contributed by atoms with Crippen molar-refractivity contribution in [3.63, 3.8) is 0 Å². The first-order valence-corrected chi connectivity index (χ1v) is 11.1. The third-order valence-electron chi connectivity index (χ3n) is 4.52. The molecule has 3 rings (SSSR count). The van der Waals surface area contributed by atoms with Crippen molar-refractivity contribution in [1.82, 2.24) is 4.90 Å². The standard InChI is InChI=1S/C19H21NO3S2/c1-24-17-9-5-8-16(14-17)19(21)20-11-10-18(25(22,23)13-12-20)15-6-3-2-4-7-15/h2-9,14,18H,10-13H2,1H3/t18-/m0/s1. The van der Waals surface area contributed by atoms with Crippen LogP contribution in [0.1, 0.15) is 27.6 Å². The Morgan fingerprint density at radius 2 is 1.84 bits per heavy atom. The highest BCUT2D eigenvalue weighted by atomic mass is 32.2. The average molecular weight is 376 g/mol. The summed E-state index contributed by atoms with van der Waals surface area (Å²) < 4.78 is 25.3. The minimum Gasteiger partial charge on any atom is -0.338 e. The maximum absolute atomic E-state index is 12.8. The van der Waals surface area contributed by atoms with Crippen LogP contribution in [0, 0.1) is 0 Å². The molecule has 0 N–H and O–H groups in total. The molecule has 1 fully saturated rings. The summed E-state index contributed by atoms with van der Waals surface area (Å²) in [5, 5.41) is -0.538. The van der Waals surface area contributed by atoms with Gasteiger partial charge in [-0.15, -0.1) is 11.8 Å². The minimum atomic E-state index is -3.27. The molecule has 132 valence electrons. The molecule has 25 heavy (non-hydrogen) atoms. The van der Waals surface area contributed by atoms with E-state index in [0.717, 1.165) is 10.5 Å². The van der Waals surface area contributed by atoms with Gasteiger partial charge in [-0.1, -0.05) is 36.4 Å². The molecule has 1 aliphatic heterocycles. The van der Waals surface area contributed by atoms with Gasteiger partial charge >= 0.3 is 0 Å². The number of carbonyl (C=O) groups is 1. The van der Waals surface area contributed by atoms with Crippen molar-refractivity contribution in [2.45, 2.75) is 16.6 Å². The van der Waals surface area contributed by atoms with Crippen molar-refractivity contribution in [3.8, 4) is 0 Å². The summed E-state index contributed by atoms with van der Waals surface area (Å²) in [7, 11) is -3.27. The van der Waals surface area contributed by atoms with Gasteiger partial charge in [0.25, 0.3) is 5.91 Å². The molecule has 1 heterocycles. The molecule has 6 heteroatoms. The third kappa shape index (κ3) is 4.07. The molecule has 1 atom stereocenters. The zero-order valence-electron chi connectivity index (χ0n) is 14.1. The quantitative estimate of drug-likeness (QED) is 0.772. The Morgan fingerprint density at radius 3 is 2.56 bits per heavy atom. The molecule has 0 radical (unpaired) electrons. The van der Waals surface area contributed by atoms with Crippen molar-refractivity contribution in [2.75, 3.05) is 25.1 Å². The zero-order chi connectivity index (χ0) is 17.9. The number of nitrogens with zero attached hydrogens (tertiary/aromatic N) is 1. The summed E-state index contributed by atoms with van der Waals surface area (Å²) in [6, 6.07) is 16.8. The molecule has 0 saturated carbocycles. The highest BCUT2D eigenvalue weighted by Crippen LogP contribution is 2.29. The number of hydrogen-bond acceptors (Lipinski definition) is 4. The lowest BCUT2D eigenvalue weighted by molar-refractivity contribution is 0.0766. The second-order valence-corrected chi connectivity index (χ2v) is 9.26. The first-order valence-electron chi connectivity index (χ1n) is 8.21. The highest BCUT2D eigenvalue weighted by molar-refractivity contribution is 7.98. The van der Waals surface area contributed by atoms with Gasteiger partial charge in [0.2, 0.25) is 0 Å². The molecular weight excluding hydrogens is 354 g/mol. The van der Waals surface area contributed by atoms with E-state index < -0.39 is 15.1 Å². The van der Waals surface area contributed by atoms with Gasteiger partial charge in [-0.25, -0.2) is 8.42 Å². The second kappa shape index (κ2) is 7.62. The van der Waals surface area contributed by atoms with Gasteiger partial charge in [-0.05, 0) is 36.4 Å². The first-order chi connectivity index (χ1) is 12.0. The van der Waals surface area contributed by atoms with Crippen molar-refractivity contribution >= 4 is 27.5 Å². The van der Waals surface area contributed by atoms with Crippen LogP contribution in [0.2, 0.25) is 0 Å². The van der Waals surface area contributed by atoms with Crippen molar-refractivity contribution in [3.05, 3.63) is 65.7 Å². The number of rotatable bonds is 3. The summed E-state index contributed by atoms with van der Waals surface area (Å²) in [6.07, 6.45) is 2.40. The molecule has 0 aliphatic carbocycles. The van der Waals surface area contributed by atoms with Gasteiger partial charge in [-0.3, -0.25) is 4.79 Å². The van der Waals surface area contributed by atoms with Crippen LogP contribution >= 0.6 is 11.8 Å². The Balaban J connectivity index is 1.81. The Bertz CT molecular complexity index is 850. The van der Waals surface area contributed by atoms with E-state index in [4.69, 9.17) is 0 Å². The number of sulfone groups is 1. The van der Waals surface area contributed by atoms with Crippen LogP contribution in [0.5, 0.6) is 0 Å². The lowest BCUT2D eigenvalue weighted by Crippen LogP contribution is -2.33. The Morgan fingerprint density at radius 1 is 1.08 bits per heavy atom. The molecule has 1 saturated heterocycles. The van der Waals surface area contributed by atoms with Crippen LogP contribution < -0.4 is 0 Å². The van der Waals surface area contributed by atoms with E-state index in [9.17, 15) is 13.2 Å². The predicted octanol–water partition coefficient (Wildman–Crippen LogP) is 3.41. The summed E-state index contributed by atoms with van der Waals surface area (Å²) in [5.74, 6) is -0.0969. The number of benzene rings is 2. The van der Waals surface area contributed by atoms with Gasteiger partial charge in [0.15, 0.2) is 9.84 Å². The monoisotopic (exact) mass is 375 g/mol. The lowest BCUT2D eigenvalue weighted by atomic mass is 10.1. The molecule has 0 aromatic heterocycles. The summed E-state index contributed by atoms with van der Waals surface area (Å²) in [6.45, 7) is 0.690. The predicted molar refractivity (Wildman–Crippen MR) is 102 cm³/mol. The summed E-state index contributed by atoms with van der Waals surface area (Å²) in [4.78, 5) is 15.5. The van der Waals surface area contributed by atoms with E-state index >= 15 is 0 Å². The minimum absolute atomic E-state index is 0.000515. The van der Waals surface area contributed by atoms with E-state index in [1.54, 1.807) is 22.7 Å². The van der Waals surface area contributed by atoms with Gasteiger partial charge in [-0.2, -0.15) is 0 Å². The number of amides is 1. The van der Waals surface area contributed by atoms with E-state index in [1.807, 2.05) is 54.8 Å². The van der Waals surface area contributed by atoms with Crippen LogP contribution in [0.4, 0.5) is 0 Å². The van der Waals surface area contributed by atoms with Crippen LogP contribution in [-0.2, 0) is 9.84 Å². The number of carbonyl (C=O) groups excluding carboxylic acids is 1. The van der Waals surface area contributed by atoms with E-state index in [1.165, 1.54) is 0 Å². The molecule has 4 nitrogen and oxygen atoms in total. The molecular formula is C19H21NO3S2. The number of hydrogen-bond donors (Lipinski definition) is 0. The molecule has 2 aromatic rings. The Kier molecular flexibility index (Phi) is 5.49. The molecule has 0 unspecified atom stereocenters. The Labute approximate surface area is 153 Å². The highest BCUT2D eigenvalue weighted by Gasteiger charge is 2.32. The van der Waals surface area contributed by atoms with Crippen LogP contribution in [0.15, 0.2) is 59.5 Å². The van der Waals surface area contributed by atoms with E-state index in [2.05, 4.69) is 0 Å². The van der Waals surface area contributed by atoms with Crippen molar-refractivity contribution < 1.29 is 13.2 Å². The average Bonchev–Trinajstić information content (AvgIpc) is 2.80. The van der Waals surface area contributed by atoms with Gasteiger partial charge in [0.1, 0.15) is 0 Å². The third-order valence-corrected chi connectivity index (χ3v) is 7.37. The maximum Gasteiger partial charge on any atom is 0.253 e. The van der Waals surface area contributed by atoms with E-state index in [-0.39, 0.29) is 18.2 Å². The topological polar surface area (TPSA) is 54.5 Å². The number of thioether (sulfide) groups is 1. The fourth-order valence-electron chi connectivity index (χ4n) is 3.13. The lowest BCUT2D eigenvalue weighted by Gasteiger charge is -2.20. The van der Waals surface area contributed by atoms with Crippen LogP contribution in [0.25, 0.3) is 0 Å². The largest absolute Gasteiger partial charge is 0.338 e. The normalized spacial score (nSPS) is 20.0. The maximum atomic E-state index is 12.8. The smallest absolute Gasteiger partial charge is 0.253 e. The summed E-state index contributed by atoms with van der Waals surface area (Å²) in [5.41, 5.74) is 1.42. The van der Waals surface area contributed by atoms with Crippen LogP contribution in [0.3, 0.4) is 0 Å². The summed E-state index contributed by atoms with van der Waals surface area (Å²) >= 11 is 1.58. The molecule has 1 aliphatic rings. The molecule has 1 amide bonds. The molecule has 0 spiro atoms. The Hall–Kier alpha value is -1.79. The van der Waals surface area contributed by atoms with E-state index in [0.29, 0.717) is 18.5 Å². The molecule has 2 aromatic carbocycles. The van der Waals surface area contributed by atoms with Gasteiger partial charge in [0, 0.05) is 23.5 Å². The van der Waals surface area contributed by atoms with Gasteiger partial charge in [0.05, 0.1) is 11.0 Å².